The largest absolute Gasteiger partial charge is 0.325 e. The van der Waals surface area contributed by atoms with Crippen LogP contribution in [0.1, 0.15) is 12.5 Å². The number of nitrogens with one attached hydrogen (secondary N) is 1. The molecule has 0 bridgehead atoms. The summed E-state index contributed by atoms with van der Waals surface area (Å²) >= 11 is 7.30. The maximum atomic E-state index is 12.4. The van der Waals surface area contributed by atoms with Gasteiger partial charge < -0.3 is 5.32 Å². The van der Waals surface area contributed by atoms with Crippen molar-refractivity contribution in [3.05, 3.63) is 59.1 Å². The molecule has 0 unspecified atom stereocenters. The minimum absolute atomic E-state index is 0.115. The Hall–Kier alpha value is -2.38. The summed E-state index contributed by atoms with van der Waals surface area (Å²) in [5, 5.41) is 15.3. The summed E-state index contributed by atoms with van der Waals surface area (Å²) < 4.78 is 1.56. The first-order chi connectivity index (χ1) is 12.0. The molecule has 0 fully saturated rings. The van der Waals surface area contributed by atoms with Gasteiger partial charge in [0, 0.05) is 10.7 Å². The predicted molar refractivity (Wildman–Crippen MR) is 99.3 cm³/mol. The van der Waals surface area contributed by atoms with E-state index in [0.717, 1.165) is 16.9 Å². The van der Waals surface area contributed by atoms with Crippen molar-refractivity contribution in [3.63, 3.8) is 0 Å². The molecular weight excluding hydrogens is 358 g/mol. The SMILES string of the molecule is Cc1cccc(NC(=O)[C@H](C)Sc2nnnn2-c2cccc(Cl)c2)c1. The Morgan fingerprint density at radius 3 is 2.80 bits per heavy atom. The van der Waals surface area contributed by atoms with Gasteiger partial charge in [-0.3, -0.25) is 4.79 Å². The molecule has 25 heavy (non-hydrogen) atoms. The number of halogens is 1. The number of amides is 1. The van der Waals surface area contributed by atoms with E-state index < -0.39 is 0 Å². The summed E-state index contributed by atoms with van der Waals surface area (Å²) in [6.45, 7) is 3.79. The molecule has 1 N–H and O–H groups in total. The van der Waals surface area contributed by atoms with E-state index in [1.54, 1.807) is 16.8 Å². The molecule has 2 aromatic carbocycles. The van der Waals surface area contributed by atoms with Gasteiger partial charge in [-0.15, -0.1) is 5.10 Å². The van der Waals surface area contributed by atoms with Crippen LogP contribution in [0.15, 0.2) is 53.7 Å². The second kappa shape index (κ2) is 7.67. The van der Waals surface area contributed by atoms with Gasteiger partial charge in [0.15, 0.2) is 0 Å². The number of aryl methyl sites for hydroxylation is 1. The monoisotopic (exact) mass is 373 g/mol. The van der Waals surface area contributed by atoms with Gasteiger partial charge in [-0.05, 0) is 60.2 Å². The Labute approximate surface area is 154 Å². The number of hydrogen-bond acceptors (Lipinski definition) is 5. The van der Waals surface area contributed by atoms with Crippen LogP contribution >= 0.6 is 23.4 Å². The zero-order valence-corrected chi connectivity index (χ0v) is 15.3. The van der Waals surface area contributed by atoms with Crippen LogP contribution in [0.2, 0.25) is 5.02 Å². The highest BCUT2D eigenvalue weighted by Crippen LogP contribution is 2.25. The lowest BCUT2D eigenvalue weighted by Gasteiger charge is -2.12. The van der Waals surface area contributed by atoms with Gasteiger partial charge in [0.05, 0.1) is 10.9 Å². The van der Waals surface area contributed by atoms with E-state index in [1.165, 1.54) is 11.8 Å². The van der Waals surface area contributed by atoms with E-state index >= 15 is 0 Å². The zero-order chi connectivity index (χ0) is 17.8. The summed E-state index contributed by atoms with van der Waals surface area (Å²) in [4.78, 5) is 12.4. The summed E-state index contributed by atoms with van der Waals surface area (Å²) in [5.74, 6) is -0.115. The van der Waals surface area contributed by atoms with Crippen molar-refractivity contribution < 1.29 is 4.79 Å². The van der Waals surface area contributed by atoms with Gasteiger partial charge in [0.25, 0.3) is 0 Å². The van der Waals surface area contributed by atoms with E-state index in [0.29, 0.717) is 10.2 Å². The minimum atomic E-state index is -0.371. The smallest absolute Gasteiger partial charge is 0.237 e. The number of hydrogen-bond donors (Lipinski definition) is 1. The Kier molecular flexibility index (Phi) is 5.35. The van der Waals surface area contributed by atoms with Crippen molar-refractivity contribution in [3.8, 4) is 5.69 Å². The number of thioether (sulfide) groups is 1. The molecule has 0 aliphatic carbocycles. The van der Waals surface area contributed by atoms with Gasteiger partial charge in [-0.1, -0.05) is 41.6 Å². The number of carbonyl (C=O) groups excluding carboxylic acids is 1. The van der Waals surface area contributed by atoms with Crippen LogP contribution in [0.5, 0.6) is 0 Å². The lowest BCUT2D eigenvalue weighted by atomic mass is 10.2. The van der Waals surface area contributed by atoms with Crippen molar-refractivity contribution in [2.24, 2.45) is 0 Å². The molecule has 1 heterocycles. The topological polar surface area (TPSA) is 72.7 Å². The molecule has 3 aromatic rings. The normalized spacial score (nSPS) is 12.0. The zero-order valence-electron chi connectivity index (χ0n) is 13.7. The van der Waals surface area contributed by atoms with Crippen molar-refractivity contribution >= 4 is 35.0 Å². The highest BCUT2D eigenvalue weighted by Gasteiger charge is 2.19. The fourth-order valence-corrected chi connectivity index (χ4v) is 3.19. The first-order valence-corrected chi connectivity index (χ1v) is 8.87. The molecule has 6 nitrogen and oxygen atoms in total. The Balaban J connectivity index is 1.72. The van der Waals surface area contributed by atoms with Gasteiger partial charge in [-0.25, -0.2) is 0 Å². The van der Waals surface area contributed by atoms with Gasteiger partial charge in [0.2, 0.25) is 11.1 Å². The third-order valence-electron chi connectivity index (χ3n) is 3.43. The molecule has 0 aliphatic heterocycles. The van der Waals surface area contributed by atoms with Crippen molar-refractivity contribution in [2.45, 2.75) is 24.3 Å². The van der Waals surface area contributed by atoms with Crippen LogP contribution in [-0.4, -0.2) is 31.4 Å². The average molecular weight is 374 g/mol. The second-order valence-electron chi connectivity index (χ2n) is 5.47. The second-order valence-corrected chi connectivity index (χ2v) is 7.22. The van der Waals surface area contributed by atoms with Crippen LogP contribution in [0, 0.1) is 6.92 Å². The summed E-state index contributed by atoms with van der Waals surface area (Å²) in [5.41, 5.74) is 2.60. The Bertz CT molecular complexity index is 898. The molecule has 3 rings (SSSR count). The first kappa shape index (κ1) is 17.4. The van der Waals surface area contributed by atoms with E-state index in [4.69, 9.17) is 11.6 Å². The first-order valence-electron chi connectivity index (χ1n) is 7.61. The van der Waals surface area contributed by atoms with Crippen molar-refractivity contribution in [2.75, 3.05) is 5.32 Å². The molecular formula is C17H16ClN5OS. The predicted octanol–water partition coefficient (Wildman–Crippen LogP) is 3.74. The maximum absolute atomic E-state index is 12.4. The average Bonchev–Trinajstić information content (AvgIpc) is 3.03. The summed E-state index contributed by atoms with van der Waals surface area (Å²) in [6.07, 6.45) is 0. The molecule has 0 radical (unpaired) electrons. The van der Waals surface area contributed by atoms with Crippen LogP contribution in [0.4, 0.5) is 5.69 Å². The maximum Gasteiger partial charge on any atom is 0.237 e. The highest BCUT2D eigenvalue weighted by atomic mass is 35.5. The standard InChI is InChI=1S/C17H16ClN5OS/c1-11-5-3-7-14(9-11)19-16(24)12(2)25-17-20-21-22-23(17)15-8-4-6-13(18)10-15/h3-10,12H,1-2H3,(H,19,24)/t12-/m0/s1. The molecule has 8 heteroatoms. The van der Waals surface area contributed by atoms with Crippen LogP contribution in [0.3, 0.4) is 0 Å². The molecule has 0 saturated heterocycles. The van der Waals surface area contributed by atoms with E-state index in [1.807, 2.05) is 50.2 Å². The summed E-state index contributed by atoms with van der Waals surface area (Å²) in [7, 11) is 0. The lowest BCUT2D eigenvalue weighted by molar-refractivity contribution is -0.115. The lowest BCUT2D eigenvalue weighted by Crippen LogP contribution is -2.23. The van der Waals surface area contributed by atoms with Gasteiger partial charge >= 0.3 is 0 Å². The number of nitrogens with zero attached hydrogens (tertiary/aromatic N) is 4. The number of rotatable bonds is 5. The number of benzene rings is 2. The van der Waals surface area contributed by atoms with Crippen LogP contribution < -0.4 is 5.32 Å². The van der Waals surface area contributed by atoms with Crippen molar-refractivity contribution in [1.82, 2.24) is 20.2 Å². The Morgan fingerprint density at radius 1 is 1.24 bits per heavy atom. The molecule has 128 valence electrons. The molecule has 0 saturated carbocycles. The third kappa shape index (κ3) is 4.37. The molecule has 1 atom stereocenters. The van der Waals surface area contributed by atoms with Crippen molar-refractivity contribution in [1.29, 1.82) is 0 Å². The molecule has 0 spiro atoms. The summed E-state index contributed by atoms with van der Waals surface area (Å²) in [6, 6.07) is 14.9. The van der Waals surface area contributed by atoms with E-state index in [-0.39, 0.29) is 11.2 Å². The Morgan fingerprint density at radius 2 is 2.04 bits per heavy atom. The quantitative estimate of drug-likeness (QED) is 0.689. The molecule has 1 aromatic heterocycles. The van der Waals surface area contributed by atoms with E-state index in [2.05, 4.69) is 20.8 Å². The fourth-order valence-electron chi connectivity index (χ4n) is 2.20. The van der Waals surface area contributed by atoms with E-state index in [9.17, 15) is 4.79 Å². The highest BCUT2D eigenvalue weighted by molar-refractivity contribution is 8.00. The van der Waals surface area contributed by atoms with Crippen LogP contribution in [0.25, 0.3) is 5.69 Å². The fraction of sp³-hybridized carbons (Fsp3) is 0.176. The number of aromatic nitrogens is 4. The molecule has 0 aliphatic rings. The number of anilines is 1. The number of tetrazole rings is 1. The van der Waals surface area contributed by atoms with Gasteiger partial charge in [0.1, 0.15) is 0 Å². The molecule has 1 amide bonds. The third-order valence-corrected chi connectivity index (χ3v) is 4.70. The van der Waals surface area contributed by atoms with Gasteiger partial charge in [-0.2, -0.15) is 4.68 Å². The van der Waals surface area contributed by atoms with Crippen LogP contribution in [-0.2, 0) is 4.79 Å². The number of carbonyl (C=O) groups is 1. The minimum Gasteiger partial charge on any atom is -0.325 e.